The Labute approximate surface area is 90.3 Å². The SMILES string of the molecule is O/N=C1/CCN(Cc2ccc(Br)o2)C1. The summed E-state index contributed by atoms with van der Waals surface area (Å²) in [6.45, 7) is 2.43. The van der Waals surface area contributed by atoms with Crippen molar-refractivity contribution in [3.8, 4) is 0 Å². The fraction of sp³-hybridized carbons (Fsp3) is 0.444. The maximum Gasteiger partial charge on any atom is 0.169 e. The smallest absolute Gasteiger partial charge is 0.169 e. The number of rotatable bonds is 2. The van der Waals surface area contributed by atoms with Crippen molar-refractivity contribution in [1.82, 2.24) is 4.90 Å². The largest absolute Gasteiger partial charge is 0.453 e. The van der Waals surface area contributed by atoms with Gasteiger partial charge in [-0.2, -0.15) is 0 Å². The molecule has 1 N–H and O–H groups in total. The first-order valence-corrected chi connectivity index (χ1v) is 5.23. The van der Waals surface area contributed by atoms with Crippen molar-refractivity contribution in [1.29, 1.82) is 0 Å². The van der Waals surface area contributed by atoms with Gasteiger partial charge >= 0.3 is 0 Å². The summed E-state index contributed by atoms with van der Waals surface area (Å²) in [4.78, 5) is 2.18. The van der Waals surface area contributed by atoms with Gasteiger partial charge in [0, 0.05) is 19.5 Å². The summed E-state index contributed by atoms with van der Waals surface area (Å²) in [5.74, 6) is 0.927. The molecule has 0 bridgehead atoms. The lowest BCUT2D eigenvalue weighted by molar-refractivity contribution is 0.297. The molecule has 0 aromatic carbocycles. The minimum atomic E-state index is 0.731. The van der Waals surface area contributed by atoms with E-state index >= 15 is 0 Å². The third kappa shape index (κ3) is 2.16. The van der Waals surface area contributed by atoms with Crippen LogP contribution in [-0.4, -0.2) is 28.9 Å². The van der Waals surface area contributed by atoms with Crippen LogP contribution in [0.1, 0.15) is 12.2 Å². The van der Waals surface area contributed by atoms with Crippen molar-refractivity contribution in [3.05, 3.63) is 22.6 Å². The highest BCUT2D eigenvalue weighted by Gasteiger charge is 2.19. The van der Waals surface area contributed by atoms with E-state index in [2.05, 4.69) is 26.0 Å². The Morgan fingerprint density at radius 1 is 1.57 bits per heavy atom. The minimum absolute atomic E-state index is 0.731. The number of hydrogen-bond acceptors (Lipinski definition) is 4. The van der Waals surface area contributed by atoms with Crippen LogP contribution in [-0.2, 0) is 6.54 Å². The molecule has 1 fully saturated rings. The van der Waals surface area contributed by atoms with Crippen molar-refractivity contribution in [2.24, 2.45) is 5.16 Å². The maximum absolute atomic E-state index is 8.58. The predicted molar refractivity (Wildman–Crippen MR) is 55.5 cm³/mol. The Kier molecular flexibility index (Phi) is 2.88. The van der Waals surface area contributed by atoms with Crippen LogP contribution in [0, 0.1) is 0 Å². The molecule has 1 saturated heterocycles. The van der Waals surface area contributed by atoms with Crippen LogP contribution < -0.4 is 0 Å². The Hall–Kier alpha value is -0.810. The molecule has 76 valence electrons. The Morgan fingerprint density at radius 3 is 3.00 bits per heavy atom. The molecular formula is C9H11BrN2O2. The zero-order valence-corrected chi connectivity index (χ0v) is 9.20. The van der Waals surface area contributed by atoms with Crippen LogP contribution in [0.4, 0.5) is 0 Å². The molecule has 2 rings (SSSR count). The molecule has 0 spiro atoms. The molecule has 0 saturated carbocycles. The van der Waals surface area contributed by atoms with E-state index in [1.807, 2.05) is 12.1 Å². The fourth-order valence-electron chi connectivity index (χ4n) is 1.58. The predicted octanol–water partition coefficient (Wildman–Crippen LogP) is 2.08. The van der Waals surface area contributed by atoms with Crippen LogP contribution >= 0.6 is 15.9 Å². The molecule has 1 aromatic rings. The van der Waals surface area contributed by atoms with Gasteiger partial charge in [-0.1, -0.05) is 5.16 Å². The van der Waals surface area contributed by atoms with Crippen molar-refractivity contribution < 1.29 is 9.62 Å². The number of halogens is 1. The summed E-state index contributed by atoms with van der Waals surface area (Å²) < 4.78 is 6.14. The lowest BCUT2D eigenvalue weighted by Gasteiger charge is -2.10. The van der Waals surface area contributed by atoms with Gasteiger partial charge in [0.25, 0.3) is 0 Å². The van der Waals surface area contributed by atoms with Crippen LogP contribution in [0.5, 0.6) is 0 Å². The van der Waals surface area contributed by atoms with E-state index in [4.69, 9.17) is 9.62 Å². The second kappa shape index (κ2) is 4.14. The molecule has 0 amide bonds. The quantitative estimate of drug-likeness (QED) is 0.653. The molecule has 1 aliphatic heterocycles. The van der Waals surface area contributed by atoms with E-state index in [0.29, 0.717) is 0 Å². The highest BCUT2D eigenvalue weighted by molar-refractivity contribution is 9.10. The first-order valence-electron chi connectivity index (χ1n) is 4.44. The summed E-state index contributed by atoms with van der Waals surface area (Å²) in [5, 5.41) is 11.8. The molecule has 0 unspecified atom stereocenters. The van der Waals surface area contributed by atoms with Gasteiger partial charge in [0.05, 0.1) is 12.3 Å². The van der Waals surface area contributed by atoms with Gasteiger partial charge in [0.1, 0.15) is 5.76 Å². The fourth-order valence-corrected chi connectivity index (χ4v) is 1.92. The monoisotopic (exact) mass is 258 g/mol. The first-order chi connectivity index (χ1) is 6.78. The number of oxime groups is 1. The summed E-state index contributed by atoms with van der Waals surface area (Å²) in [5.41, 5.74) is 0.843. The number of nitrogens with zero attached hydrogens (tertiary/aromatic N) is 2. The number of likely N-dealkylation sites (tertiary alicyclic amines) is 1. The summed E-state index contributed by atoms with van der Waals surface area (Å²) in [6, 6.07) is 3.82. The standard InChI is InChI=1S/C9H11BrN2O2/c10-9-2-1-8(14-9)6-12-4-3-7(5-12)11-13/h1-2,13H,3-6H2/b11-7-. The second-order valence-electron chi connectivity index (χ2n) is 3.33. The lowest BCUT2D eigenvalue weighted by Crippen LogP contribution is -2.19. The Balaban J connectivity index is 1.93. The topological polar surface area (TPSA) is 49.0 Å². The van der Waals surface area contributed by atoms with Crippen LogP contribution in [0.25, 0.3) is 0 Å². The van der Waals surface area contributed by atoms with Crippen LogP contribution in [0.3, 0.4) is 0 Å². The second-order valence-corrected chi connectivity index (χ2v) is 4.11. The maximum atomic E-state index is 8.58. The summed E-state index contributed by atoms with van der Waals surface area (Å²) in [7, 11) is 0. The van der Waals surface area contributed by atoms with Crippen molar-refractivity contribution in [3.63, 3.8) is 0 Å². The van der Waals surface area contributed by atoms with Gasteiger partial charge in [0.15, 0.2) is 4.67 Å². The molecule has 1 aliphatic rings. The van der Waals surface area contributed by atoms with E-state index in [0.717, 1.165) is 42.2 Å². The van der Waals surface area contributed by atoms with Crippen molar-refractivity contribution in [2.45, 2.75) is 13.0 Å². The van der Waals surface area contributed by atoms with E-state index in [1.54, 1.807) is 0 Å². The normalized spacial score (nSPS) is 20.8. The van der Waals surface area contributed by atoms with Gasteiger partial charge in [-0.05, 0) is 28.1 Å². The lowest BCUT2D eigenvalue weighted by atomic mass is 10.3. The zero-order chi connectivity index (χ0) is 9.97. The Morgan fingerprint density at radius 2 is 2.43 bits per heavy atom. The van der Waals surface area contributed by atoms with E-state index in [-0.39, 0.29) is 0 Å². The average Bonchev–Trinajstić information content (AvgIpc) is 2.76. The highest BCUT2D eigenvalue weighted by atomic mass is 79.9. The van der Waals surface area contributed by atoms with Crippen molar-refractivity contribution in [2.75, 3.05) is 13.1 Å². The van der Waals surface area contributed by atoms with Gasteiger partial charge in [-0.15, -0.1) is 0 Å². The minimum Gasteiger partial charge on any atom is -0.453 e. The molecule has 5 heteroatoms. The molecule has 0 aliphatic carbocycles. The molecule has 4 nitrogen and oxygen atoms in total. The van der Waals surface area contributed by atoms with Crippen LogP contribution in [0.2, 0.25) is 0 Å². The highest BCUT2D eigenvalue weighted by Crippen LogP contribution is 2.17. The molecule has 14 heavy (non-hydrogen) atoms. The molecule has 0 atom stereocenters. The average molecular weight is 259 g/mol. The molecule has 1 aromatic heterocycles. The first kappa shape index (κ1) is 9.73. The molecular weight excluding hydrogens is 248 g/mol. The number of hydrogen-bond donors (Lipinski definition) is 1. The summed E-state index contributed by atoms with van der Waals surface area (Å²) in [6.07, 6.45) is 0.846. The van der Waals surface area contributed by atoms with E-state index in [9.17, 15) is 0 Å². The molecule has 0 radical (unpaired) electrons. The van der Waals surface area contributed by atoms with Crippen molar-refractivity contribution >= 4 is 21.6 Å². The van der Waals surface area contributed by atoms with Gasteiger partial charge in [-0.25, -0.2) is 0 Å². The zero-order valence-electron chi connectivity index (χ0n) is 7.61. The van der Waals surface area contributed by atoms with E-state index in [1.165, 1.54) is 0 Å². The molecule has 2 heterocycles. The van der Waals surface area contributed by atoms with Gasteiger partial charge in [-0.3, -0.25) is 4.90 Å². The third-order valence-electron chi connectivity index (χ3n) is 2.27. The summed E-state index contributed by atoms with van der Waals surface area (Å²) >= 11 is 3.26. The van der Waals surface area contributed by atoms with E-state index < -0.39 is 0 Å². The number of furan rings is 1. The van der Waals surface area contributed by atoms with Gasteiger partial charge in [0.2, 0.25) is 0 Å². The Bertz CT molecular complexity index is 348. The third-order valence-corrected chi connectivity index (χ3v) is 2.70. The van der Waals surface area contributed by atoms with Gasteiger partial charge < -0.3 is 9.62 Å². The van der Waals surface area contributed by atoms with Crippen LogP contribution in [0.15, 0.2) is 26.4 Å².